The van der Waals surface area contributed by atoms with Crippen molar-refractivity contribution in [2.75, 3.05) is 0 Å². The Bertz CT molecular complexity index is 720. The minimum Gasteiger partial charge on any atom is -0.446 e. The first-order valence-electron chi connectivity index (χ1n) is 5.57. The molecule has 0 aliphatic heterocycles. The van der Waals surface area contributed by atoms with E-state index in [-0.39, 0.29) is 33.6 Å². The highest BCUT2D eigenvalue weighted by Crippen LogP contribution is 2.38. The minimum absolute atomic E-state index is 0.0542. The molecule has 0 saturated heterocycles. The summed E-state index contributed by atoms with van der Waals surface area (Å²) in [5, 5.41) is 22.6. The van der Waals surface area contributed by atoms with Crippen LogP contribution in [0.25, 0.3) is 0 Å². The molecular weight excluding hydrogens is 300 g/mol. The first-order valence-corrected chi connectivity index (χ1v) is 5.95. The maximum absolute atomic E-state index is 11.0. The first-order chi connectivity index (χ1) is 10.0. The van der Waals surface area contributed by atoms with E-state index in [0.717, 1.165) is 0 Å². The van der Waals surface area contributed by atoms with E-state index < -0.39 is 4.92 Å². The number of hydrogen-bond donors (Lipinski definition) is 2. The summed E-state index contributed by atoms with van der Waals surface area (Å²) < 4.78 is 5.45. The van der Waals surface area contributed by atoms with Crippen molar-refractivity contribution in [3.8, 4) is 11.5 Å². The van der Waals surface area contributed by atoms with Crippen LogP contribution >= 0.6 is 11.6 Å². The Morgan fingerprint density at radius 1 is 1.48 bits per heavy atom. The van der Waals surface area contributed by atoms with Gasteiger partial charge >= 0.3 is 5.69 Å². The lowest BCUT2D eigenvalue weighted by Gasteiger charge is -2.10. The van der Waals surface area contributed by atoms with Gasteiger partial charge in [0.15, 0.2) is 11.6 Å². The molecule has 21 heavy (non-hydrogen) atoms. The second-order valence-corrected chi connectivity index (χ2v) is 4.21. The molecule has 9 heteroatoms. The van der Waals surface area contributed by atoms with Gasteiger partial charge in [-0.05, 0) is 12.1 Å². The average molecular weight is 309 g/mol. The lowest BCUT2D eigenvalue weighted by Crippen LogP contribution is -2.14. The second kappa shape index (κ2) is 6.06. The van der Waals surface area contributed by atoms with E-state index in [1.165, 1.54) is 36.7 Å². The Hall–Kier alpha value is -2.87. The SMILES string of the molecule is N/C(=N/O)c1ccncc1Oc1c(Cl)cccc1[N+](=O)[O-]. The molecule has 8 nitrogen and oxygen atoms in total. The van der Waals surface area contributed by atoms with E-state index in [1.807, 2.05) is 0 Å². The summed E-state index contributed by atoms with van der Waals surface area (Å²) in [6.07, 6.45) is 2.68. The topological polar surface area (TPSA) is 124 Å². The number of nitrogens with zero attached hydrogens (tertiary/aromatic N) is 3. The van der Waals surface area contributed by atoms with Crippen LogP contribution in [0.1, 0.15) is 5.56 Å². The zero-order valence-corrected chi connectivity index (χ0v) is 11.2. The number of rotatable bonds is 4. The maximum atomic E-state index is 11.0. The molecule has 0 aliphatic carbocycles. The molecule has 3 N–H and O–H groups in total. The van der Waals surface area contributed by atoms with Gasteiger partial charge in [-0.2, -0.15) is 0 Å². The summed E-state index contributed by atoms with van der Waals surface area (Å²) in [6, 6.07) is 5.57. The molecule has 0 spiro atoms. The second-order valence-electron chi connectivity index (χ2n) is 3.80. The predicted octanol–water partition coefficient (Wildman–Crippen LogP) is 2.53. The van der Waals surface area contributed by atoms with Gasteiger partial charge < -0.3 is 15.7 Å². The van der Waals surface area contributed by atoms with Crippen LogP contribution in [0.4, 0.5) is 5.69 Å². The lowest BCUT2D eigenvalue weighted by molar-refractivity contribution is -0.385. The molecule has 0 fully saturated rings. The van der Waals surface area contributed by atoms with E-state index in [2.05, 4.69) is 10.1 Å². The minimum atomic E-state index is -0.624. The van der Waals surface area contributed by atoms with Crippen molar-refractivity contribution in [2.45, 2.75) is 0 Å². The largest absolute Gasteiger partial charge is 0.446 e. The van der Waals surface area contributed by atoms with Gasteiger partial charge in [0.1, 0.15) is 0 Å². The number of aromatic nitrogens is 1. The molecule has 0 amide bonds. The number of ether oxygens (including phenoxy) is 1. The molecule has 1 aromatic heterocycles. The standard InChI is InChI=1S/C12H9ClN4O4/c13-8-2-1-3-9(17(19)20)11(8)21-10-6-15-5-4-7(10)12(14)16-18/h1-6,18H,(H2,14,16). The van der Waals surface area contributed by atoms with E-state index in [1.54, 1.807) is 0 Å². The van der Waals surface area contributed by atoms with Crippen LogP contribution in [0.15, 0.2) is 41.8 Å². The summed E-state index contributed by atoms with van der Waals surface area (Å²) in [5.41, 5.74) is 5.43. The van der Waals surface area contributed by atoms with E-state index >= 15 is 0 Å². The normalized spacial score (nSPS) is 11.2. The van der Waals surface area contributed by atoms with Crippen LogP contribution in [0, 0.1) is 10.1 Å². The molecule has 0 bridgehead atoms. The van der Waals surface area contributed by atoms with E-state index in [9.17, 15) is 10.1 Å². The Kier molecular flexibility index (Phi) is 4.19. The summed E-state index contributed by atoms with van der Waals surface area (Å²) in [6.45, 7) is 0. The molecule has 0 unspecified atom stereocenters. The van der Waals surface area contributed by atoms with Gasteiger partial charge in [0.25, 0.3) is 0 Å². The third-order valence-corrected chi connectivity index (χ3v) is 2.82. The fourth-order valence-corrected chi connectivity index (χ4v) is 1.79. The third kappa shape index (κ3) is 3.00. The van der Waals surface area contributed by atoms with Gasteiger partial charge in [0.2, 0.25) is 5.75 Å². The zero-order chi connectivity index (χ0) is 15.4. The molecule has 108 valence electrons. The molecule has 0 aliphatic rings. The highest BCUT2D eigenvalue weighted by Gasteiger charge is 2.21. The fraction of sp³-hybridized carbons (Fsp3) is 0. The Labute approximate surface area is 123 Å². The summed E-state index contributed by atoms with van der Waals surface area (Å²) in [4.78, 5) is 14.2. The van der Waals surface area contributed by atoms with E-state index in [0.29, 0.717) is 0 Å². The van der Waals surface area contributed by atoms with Crippen molar-refractivity contribution in [1.29, 1.82) is 0 Å². The molecule has 2 rings (SSSR count). The zero-order valence-electron chi connectivity index (χ0n) is 10.4. The Morgan fingerprint density at radius 2 is 2.24 bits per heavy atom. The molecule has 0 atom stereocenters. The number of nitro benzene ring substituents is 1. The molecular formula is C12H9ClN4O4. The van der Waals surface area contributed by atoms with Crippen molar-refractivity contribution in [3.63, 3.8) is 0 Å². The smallest absolute Gasteiger partial charge is 0.313 e. The highest BCUT2D eigenvalue weighted by molar-refractivity contribution is 6.32. The molecule has 2 aromatic rings. The number of para-hydroxylation sites is 1. The number of benzene rings is 1. The lowest BCUT2D eigenvalue weighted by atomic mass is 10.2. The van der Waals surface area contributed by atoms with Crippen LogP contribution in [0.3, 0.4) is 0 Å². The van der Waals surface area contributed by atoms with Crippen molar-refractivity contribution in [1.82, 2.24) is 4.98 Å². The highest BCUT2D eigenvalue weighted by atomic mass is 35.5. The number of hydrogen-bond acceptors (Lipinski definition) is 6. The van der Waals surface area contributed by atoms with Crippen molar-refractivity contribution in [2.24, 2.45) is 10.9 Å². The van der Waals surface area contributed by atoms with Crippen molar-refractivity contribution in [3.05, 3.63) is 57.4 Å². The fourth-order valence-electron chi connectivity index (χ4n) is 1.58. The summed E-state index contributed by atoms with van der Waals surface area (Å²) >= 11 is 5.93. The molecule has 0 radical (unpaired) electrons. The first kappa shape index (κ1) is 14.5. The maximum Gasteiger partial charge on any atom is 0.313 e. The van der Waals surface area contributed by atoms with Gasteiger partial charge in [-0.25, -0.2) is 0 Å². The van der Waals surface area contributed by atoms with Gasteiger partial charge in [-0.3, -0.25) is 15.1 Å². The van der Waals surface area contributed by atoms with Gasteiger partial charge in [0, 0.05) is 12.3 Å². The number of amidine groups is 1. The number of nitrogens with two attached hydrogens (primary N) is 1. The van der Waals surface area contributed by atoms with Gasteiger partial charge in [-0.1, -0.05) is 22.8 Å². The average Bonchev–Trinajstić information content (AvgIpc) is 2.48. The van der Waals surface area contributed by atoms with Crippen LogP contribution in [-0.2, 0) is 0 Å². The Morgan fingerprint density at radius 3 is 2.90 bits per heavy atom. The number of halogens is 1. The predicted molar refractivity (Wildman–Crippen MR) is 74.9 cm³/mol. The van der Waals surface area contributed by atoms with E-state index in [4.69, 9.17) is 27.3 Å². The van der Waals surface area contributed by atoms with Crippen LogP contribution in [0.2, 0.25) is 5.02 Å². The van der Waals surface area contributed by atoms with Gasteiger partial charge in [0.05, 0.1) is 21.7 Å². The summed E-state index contributed by atoms with van der Waals surface area (Å²) in [7, 11) is 0. The Balaban J connectivity index is 2.52. The van der Waals surface area contributed by atoms with Crippen molar-refractivity contribution >= 4 is 23.1 Å². The van der Waals surface area contributed by atoms with Crippen molar-refractivity contribution < 1.29 is 14.9 Å². The quantitative estimate of drug-likeness (QED) is 0.294. The monoisotopic (exact) mass is 308 g/mol. The van der Waals surface area contributed by atoms with Gasteiger partial charge in [-0.15, -0.1) is 0 Å². The van der Waals surface area contributed by atoms with Crippen LogP contribution in [0.5, 0.6) is 11.5 Å². The molecule has 1 aromatic carbocycles. The summed E-state index contributed by atoms with van der Waals surface area (Å²) in [5.74, 6) is -0.296. The number of nitro groups is 1. The van der Waals surface area contributed by atoms with Crippen LogP contribution < -0.4 is 10.5 Å². The van der Waals surface area contributed by atoms with Crippen LogP contribution in [-0.4, -0.2) is 21.0 Å². The number of pyridine rings is 1. The third-order valence-electron chi connectivity index (χ3n) is 2.52. The molecule has 0 saturated carbocycles. The molecule has 1 heterocycles. The number of oxime groups is 1.